The third-order valence-corrected chi connectivity index (χ3v) is 7.00. The first kappa shape index (κ1) is 25.3. The molecule has 0 bridgehead atoms. The van der Waals surface area contributed by atoms with Gasteiger partial charge in [0.05, 0.1) is 33.8 Å². The molecule has 9 nitrogen and oxygen atoms in total. The maximum absolute atomic E-state index is 13.8. The zero-order chi connectivity index (χ0) is 26.6. The van der Waals surface area contributed by atoms with E-state index < -0.39 is 23.1 Å². The van der Waals surface area contributed by atoms with E-state index in [9.17, 15) is 22.7 Å². The zero-order valence-corrected chi connectivity index (χ0v) is 20.9. The highest BCUT2D eigenvalue weighted by molar-refractivity contribution is 7.81. The summed E-state index contributed by atoms with van der Waals surface area (Å²) in [7, 11) is 0. The summed E-state index contributed by atoms with van der Waals surface area (Å²) in [6.45, 7) is 1.20. The minimum Gasteiger partial charge on any atom is -0.755 e. The first-order valence-electron chi connectivity index (χ1n) is 11.9. The van der Waals surface area contributed by atoms with E-state index in [1.54, 1.807) is 65.7 Å². The van der Waals surface area contributed by atoms with Gasteiger partial charge in [-0.15, -0.1) is 0 Å². The minimum atomic E-state index is -2.63. The molecule has 1 aromatic heterocycles. The van der Waals surface area contributed by atoms with Crippen LogP contribution in [0.25, 0.3) is 10.9 Å². The Bertz CT molecular complexity index is 1500. The van der Waals surface area contributed by atoms with Crippen LogP contribution in [0.5, 0.6) is 0 Å². The molecule has 1 N–H and O–H groups in total. The lowest BCUT2D eigenvalue weighted by Crippen LogP contribution is -2.51. The van der Waals surface area contributed by atoms with Crippen LogP contribution in [0.15, 0.2) is 85.1 Å². The summed E-state index contributed by atoms with van der Waals surface area (Å²) >= 11 is -2.63. The van der Waals surface area contributed by atoms with Crippen molar-refractivity contribution in [2.24, 2.45) is 0 Å². The number of amides is 3. The van der Waals surface area contributed by atoms with Gasteiger partial charge in [-0.3, -0.25) is 18.3 Å². The summed E-state index contributed by atoms with van der Waals surface area (Å²) in [6.07, 6.45) is 1.60. The molecule has 0 radical (unpaired) electrons. The third kappa shape index (κ3) is 5.20. The molecule has 11 heteroatoms. The molecule has 0 saturated carbocycles. The van der Waals surface area contributed by atoms with Crippen molar-refractivity contribution in [3.63, 3.8) is 0 Å². The van der Waals surface area contributed by atoms with Crippen LogP contribution >= 0.6 is 0 Å². The SMILES string of the molecule is O=C(Nc1ccccc1F)N1CCN(C(=O)c2ccc(N(c3cccc4cccnc34)S(=O)[O-])cc2)CC1. The van der Waals surface area contributed by atoms with Gasteiger partial charge in [-0.25, -0.2) is 9.18 Å². The van der Waals surface area contributed by atoms with E-state index in [0.29, 0.717) is 48.6 Å². The van der Waals surface area contributed by atoms with E-state index in [4.69, 9.17) is 0 Å². The fraction of sp³-hybridized carbons (Fsp3) is 0.148. The topological polar surface area (TPSA) is 109 Å². The average Bonchev–Trinajstić information content (AvgIpc) is 2.94. The van der Waals surface area contributed by atoms with Crippen molar-refractivity contribution in [3.8, 4) is 0 Å². The molecule has 0 spiro atoms. The molecule has 1 atom stereocenters. The minimum absolute atomic E-state index is 0.100. The van der Waals surface area contributed by atoms with Crippen LogP contribution in [0.2, 0.25) is 0 Å². The predicted molar refractivity (Wildman–Crippen MR) is 142 cm³/mol. The number of halogens is 1. The van der Waals surface area contributed by atoms with Crippen molar-refractivity contribution >= 4 is 51.2 Å². The van der Waals surface area contributed by atoms with Crippen molar-refractivity contribution in [1.29, 1.82) is 0 Å². The Morgan fingerprint density at radius 2 is 1.58 bits per heavy atom. The van der Waals surface area contributed by atoms with Crippen LogP contribution in [-0.4, -0.2) is 61.7 Å². The number of para-hydroxylation sites is 2. The molecule has 38 heavy (non-hydrogen) atoms. The second-order valence-corrected chi connectivity index (χ2v) is 9.40. The molecule has 1 fully saturated rings. The number of aromatic nitrogens is 1. The van der Waals surface area contributed by atoms with Crippen molar-refractivity contribution in [3.05, 3.63) is 96.4 Å². The summed E-state index contributed by atoms with van der Waals surface area (Å²) in [6, 6.07) is 20.7. The molecule has 3 amide bonds. The first-order chi connectivity index (χ1) is 18.4. The molecule has 0 aliphatic carbocycles. The number of carbonyl (C=O) groups is 2. The number of carbonyl (C=O) groups excluding carboxylic acids is 2. The smallest absolute Gasteiger partial charge is 0.322 e. The van der Waals surface area contributed by atoms with Gasteiger partial charge in [-0.05, 0) is 48.5 Å². The van der Waals surface area contributed by atoms with Gasteiger partial charge in [0.2, 0.25) is 0 Å². The standard InChI is InChI=1S/C27H24FN5O4S/c28-22-7-1-2-8-23(22)30-27(35)32-17-15-31(16-18-32)26(34)20-10-12-21(13-11-20)33(38(36)37)24-9-3-5-19-6-4-14-29-25(19)24/h1-14H,15-18H2,(H,30,35)(H,36,37)/p-1. The molecule has 1 aliphatic heterocycles. The number of fused-ring (bicyclic) bond motifs is 1. The van der Waals surface area contributed by atoms with Gasteiger partial charge in [-0.1, -0.05) is 30.3 Å². The Balaban J connectivity index is 1.26. The van der Waals surface area contributed by atoms with E-state index in [1.807, 2.05) is 12.1 Å². The number of benzene rings is 3. The maximum Gasteiger partial charge on any atom is 0.322 e. The second kappa shape index (κ2) is 11.0. The van der Waals surface area contributed by atoms with Crippen molar-refractivity contribution in [1.82, 2.24) is 14.8 Å². The Labute approximate surface area is 220 Å². The number of hydrogen-bond acceptors (Lipinski definition) is 5. The summed E-state index contributed by atoms with van der Waals surface area (Å²) in [5, 5.41) is 3.36. The monoisotopic (exact) mass is 532 g/mol. The van der Waals surface area contributed by atoms with Gasteiger partial charge in [0.25, 0.3) is 5.91 Å². The lowest BCUT2D eigenvalue weighted by Gasteiger charge is -2.35. The Morgan fingerprint density at radius 3 is 2.29 bits per heavy atom. The molecule has 194 valence electrons. The van der Waals surface area contributed by atoms with E-state index >= 15 is 0 Å². The lowest BCUT2D eigenvalue weighted by atomic mass is 10.1. The summed E-state index contributed by atoms with van der Waals surface area (Å²) in [5.41, 5.74) is 1.80. The molecule has 2 heterocycles. The highest BCUT2D eigenvalue weighted by atomic mass is 32.2. The fourth-order valence-electron chi connectivity index (χ4n) is 4.35. The zero-order valence-electron chi connectivity index (χ0n) is 20.1. The van der Waals surface area contributed by atoms with Gasteiger partial charge in [0, 0.05) is 43.3 Å². The van der Waals surface area contributed by atoms with Gasteiger partial charge in [-0.2, -0.15) is 0 Å². The van der Waals surface area contributed by atoms with Crippen molar-refractivity contribution in [2.45, 2.75) is 0 Å². The molecular formula is C27H23FN5O4S-. The normalized spacial score (nSPS) is 14.3. The fourth-order valence-corrected chi connectivity index (χ4v) is 4.95. The number of piperazine rings is 1. The number of rotatable bonds is 5. The molecular weight excluding hydrogens is 509 g/mol. The molecule has 1 unspecified atom stereocenters. The lowest BCUT2D eigenvalue weighted by molar-refractivity contribution is 0.0671. The van der Waals surface area contributed by atoms with Gasteiger partial charge < -0.3 is 19.7 Å². The summed E-state index contributed by atoms with van der Waals surface area (Å²) in [5.74, 6) is -0.749. The van der Waals surface area contributed by atoms with E-state index in [-0.39, 0.29) is 11.6 Å². The van der Waals surface area contributed by atoms with E-state index in [0.717, 1.165) is 9.69 Å². The van der Waals surface area contributed by atoms with Crippen LogP contribution in [0.4, 0.5) is 26.2 Å². The quantitative estimate of drug-likeness (QED) is 0.386. The molecule has 5 rings (SSSR count). The number of hydrogen-bond donors (Lipinski definition) is 1. The number of nitrogens with zero attached hydrogens (tertiary/aromatic N) is 4. The van der Waals surface area contributed by atoms with Crippen LogP contribution < -0.4 is 9.62 Å². The van der Waals surface area contributed by atoms with Crippen molar-refractivity contribution in [2.75, 3.05) is 35.8 Å². The first-order valence-corrected chi connectivity index (χ1v) is 12.9. The molecule has 4 aromatic rings. The van der Waals surface area contributed by atoms with E-state index in [2.05, 4.69) is 10.3 Å². The van der Waals surface area contributed by atoms with Crippen LogP contribution in [0.1, 0.15) is 10.4 Å². The van der Waals surface area contributed by atoms with Crippen LogP contribution in [0.3, 0.4) is 0 Å². The Kier molecular flexibility index (Phi) is 7.29. The molecule has 1 saturated heterocycles. The molecule has 1 aliphatic rings. The number of pyridine rings is 1. The Morgan fingerprint density at radius 1 is 0.895 bits per heavy atom. The van der Waals surface area contributed by atoms with Crippen LogP contribution in [-0.2, 0) is 11.3 Å². The average molecular weight is 533 g/mol. The van der Waals surface area contributed by atoms with Gasteiger partial charge >= 0.3 is 6.03 Å². The third-order valence-electron chi connectivity index (χ3n) is 6.30. The van der Waals surface area contributed by atoms with Gasteiger partial charge in [0.1, 0.15) is 5.82 Å². The summed E-state index contributed by atoms with van der Waals surface area (Å²) in [4.78, 5) is 33.1. The number of urea groups is 1. The highest BCUT2D eigenvalue weighted by Gasteiger charge is 2.25. The van der Waals surface area contributed by atoms with E-state index in [1.165, 1.54) is 17.0 Å². The predicted octanol–water partition coefficient (Wildman–Crippen LogP) is 4.30. The highest BCUT2D eigenvalue weighted by Crippen LogP contribution is 2.32. The van der Waals surface area contributed by atoms with Crippen LogP contribution in [0, 0.1) is 5.82 Å². The number of anilines is 3. The number of nitrogens with one attached hydrogen (secondary N) is 1. The molecule has 3 aromatic carbocycles. The Hall–Kier alpha value is -4.35. The van der Waals surface area contributed by atoms with Crippen molar-refractivity contribution < 1.29 is 22.7 Å². The largest absolute Gasteiger partial charge is 0.755 e. The van der Waals surface area contributed by atoms with Gasteiger partial charge in [0.15, 0.2) is 0 Å². The maximum atomic E-state index is 13.8. The summed E-state index contributed by atoms with van der Waals surface area (Å²) < 4.78 is 39.4. The second-order valence-electron chi connectivity index (χ2n) is 8.60.